The molecular weight excluding hydrogens is 385 g/mol. The van der Waals surface area contributed by atoms with Gasteiger partial charge in [0.2, 0.25) is 0 Å². The highest BCUT2D eigenvalue weighted by atomic mass is 35.5. The van der Waals surface area contributed by atoms with E-state index in [9.17, 15) is 5.21 Å². The van der Waals surface area contributed by atoms with E-state index >= 15 is 8.78 Å². The largest absolute Gasteiger partial charge is 0.711 e. The molecule has 1 aliphatic rings. The van der Waals surface area contributed by atoms with Gasteiger partial charge in [-0.1, -0.05) is 23.2 Å². The standard InChI is InChI=1S/C18H18Cl2F2N2O2/c1-10(2)26-9-18(17(3,21)22)13-6-11(19)4-5-15(13)23-16-14(18)7-12(20)8-24(16)25/h4-8,10,23H,9H2,1-3H3/t18-/m1/s1. The molecule has 0 spiro atoms. The van der Waals surface area contributed by atoms with Crippen LogP contribution in [0.1, 0.15) is 31.9 Å². The van der Waals surface area contributed by atoms with Crippen LogP contribution in [0.4, 0.5) is 20.3 Å². The van der Waals surface area contributed by atoms with Crippen LogP contribution in [0, 0.1) is 5.21 Å². The van der Waals surface area contributed by atoms with Crippen LogP contribution in [0.5, 0.6) is 0 Å². The molecule has 3 rings (SSSR count). The Labute approximate surface area is 160 Å². The smallest absolute Gasteiger partial charge is 0.287 e. The number of nitrogens with one attached hydrogen (secondary N) is 1. The molecule has 2 heterocycles. The van der Waals surface area contributed by atoms with E-state index in [2.05, 4.69) is 5.32 Å². The molecule has 140 valence electrons. The van der Waals surface area contributed by atoms with Crippen molar-refractivity contribution in [2.45, 2.75) is 38.2 Å². The minimum atomic E-state index is -3.27. The molecule has 1 aromatic carbocycles. The number of anilines is 2. The van der Waals surface area contributed by atoms with Crippen LogP contribution in [0.2, 0.25) is 10.0 Å². The van der Waals surface area contributed by atoms with Crippen LogP contribution in [0.25, 0.3) is 0 Å². The second-order valence-corrected chi connectivity index (χ2v) is 7.59. The number of ether oxygens (including phenoxy) is 1. The van der Waals surface area contributed by atoms with Gasteiger partial charge in [-0.2, -0.15) is 0 Å². The Morgan fingerprint density at radius 2 is 1.88 bits per heavy atom. The predicted molar refractivity (Wildman–Crippen MR) is 97.6 cm³/mol. The molecule has 26 heavy (non-hydrogen) atoms. The molecule has 4 nitrogen and oxygen atoms in total. The zero-order chi connectivity index (χ0) is 19.3. The lowest BCUT2D eigenvalue weighted by molar-refractivity contribution is -0.590. The predicted octanol–water partition coefficient (Wildman–Crippen LogP) is 5.05. The molecule has 2 aromatic rings. The minimum absolute atomic E-state index is 0.00176. The third-order valence-corrected chi connectivity index (χ3v) is 4.98. The third kappa shape index (κ3) is 3.00. The minimum Gasteiger partial charge on any atom is -0.711 e. The first-order chi connectivity index (χ1) is 12.1. The van der Waals surface area contributed by atoms with Crippen molar-refractivity contribution in [1.82, 2.24) is 0 Å². The van der Waals surface area contributed by atoms with Gasteiger partial charge in [-0.15, -0.1) is 0 Å². The third-order valence-electron chi connectivity index (χ3n) is 4.54. The second-order valence-electron chi connectivity index (χ2n) is 6.71. The first-order valence-corrected chi connectivity index (χ1v) is 8.81. The van der Waals surface area contributed by atoms with Crippen molar-refractivity contribution in [3.8, 4) is 0 Å². The molecule has 1 aliphatic heterocycles. The van der Waals surface area contributed by atoms with E-state index in [0.29, 0.717) is 15.4 Å². The van der Waals surface area contributed by atoms with Gasteiger partial charge >= 0.3 is 0 Å². The average Bonchev–Trinajstić information content (AvgIpc) is 2.51. The first-order valence-electron chi connectivity index (χ1n) is 8.06. The van der Waals surface area contributed by atoms with E-state index in [1.807, 2.05) is 0 Å². The highest BCUT2D eigenvalue weighted by Crippen LogP contribution is 2.53. The Morgan fingerprint density at radius 3 is 2.50 bits per heavy atom. The number of alkyl halides is 2. The Hall–Kier alpha value is -1.63. The van der Waals surface area contributed by atoms with Gasteiger partial charge in [-0.25, -0.2) is 18.8 Å². The lowest BCUT2D eigenvalue weighted by Gasteiger charge is -2.42. The van der Waals surface area contributed by atoms with E-state index in [1.165, 1.54) is 12.1 Å². The van der Waals surface area contributed by atoms with Crippen molar-refractivity contribution in [3.63, 3.8) is 0 Å². The monoisotopic (exact) mass is 402 g/mol. The van der Waals surface area contributed by atoms with Crippen LogP contribution in [0.3, 0.4) is 0 Å². The summed E-state index contributed by atoms with van der Waals surface area (Å²) in [5, 5.41) is 15.7. The zero-order valence-corrected chi connectivity index (χ0v) is 16.0. The molecule has 0 bridgehead atoms. The summed E-state index contributed by atoms with van der Waals surface area (Å²) < 4.78 is 36.4. The molecule has 1 aromatic heterocycles. The average molecular weight is 403 g/mol. The highest BCUT2D eigenvalue weighted by molar-refractivity contribution is 6.31. The molecule has 0 aliphatic carbocycles. The van der Waals surface area contributed by atoms with E-state index < -0.39 is 11.3 Å². The van der Waals surface area contributed by atoms with Gasteiger partial charge < -0.3 is 9.94 Å². The summed E-state index contributed by atoms with van der Waals surface area (Å²) >= 11 is 12.1. The van der Waals surface area contributed by atoms with E-state index in [0.717, 1.165) is 13.1 Å². The van der Waals surface area contributed by atoms with Gasteiger partial charge in [0.05, 0.1) is 23.3 Å². The number of rotatable bonds is 4. The van der Waals surface area contributed by atoms with Crippen molar-refractivity contribution < 1.29 is 18.2 Å². The van der Waals surface area contributed by atoms with Crippen molar-refractivity contribution in [3.05, 3.63) is 56.8 Å². The maximum atomic E-state index is 15.2. The van der Waals surface area contributed by atoms with E-state index in [4.69, 9.17) is 27.9 Å². The Balaban J connectivity index is 2.38. The molecule has 0 saturated heterocycles. The number of benzene rings is 1. The fraction of sp³-hybridized carbons (Fsp3) is 0.389. The normalized spacial score (nSPS) is 19.1. The Bertz CT molecular complexity index is 856. The summed E-state index contributed by atoms with van der Waals surface area (Å²) in [6, 6.07) is 6.00. The molecule has 0 saturated carbocycles. The summed E-state index contributed by atoms with van der Waals surface area (Å²) in [7, 11) is 0. The molecular formula is C18H18Cl2F2N2O2. The topological polar surface area (TPSA) is 48.2 Å². The fourth-order valence-corrected chi connectivity index (χ4v) is 3.65. The summed E-state index contributed by atoms with van der Waals surface area (Å²) in [6.07, 6.45) is 0.838. The quantitative estimate of drug-likeness (QED) is 0.574. The van der Waals surface area contributed by atoms with Crippen LogP contribution in [-0.4, -0.2) is 18.6 Å². The first kappa shape index (κ1) is 19.1. The van der Waals surface area contributed by atoms with Crippen LogP contribution in [0.15, 0.2) is 30.5 Å². The summed E-state index contributed by atoms with van der Waals surface area (Å²) in [5.41, 5.74) is -1.21. The molecule has 0 amide bonds. The number of hydrogen-bond donors (Lipinski definition) is 1. The molecule has 1 N–H and O–H groups in total. The number of hydrogen-bond acceptors (Lipinski definition) is 3. The summed E-state index contributed by atoms with van der Waals surface area (Å²) in [6.45, 7) is 3.99. The number of halogens is 4. The number of nitrogens with zero attached hydrogens (tertiary/aromatic N) is 1. The lowest BCUT2D eigenvalue weighted by Crippen LogP contribution is -2.52. The lowest BCUT2D eigenvalue weighted by atomic mass is 9.68. The van der Waals surface area contributed by atoms with Crippen molar-refractivity contribution in [2.75, 3.05) is 11.9 Å². The number of aromatic nitrogens is 1. The highest BCUT2D eigenvalue weighted by Gasteiger charge is 2.59. The van der Waals surface area contributed by atoms with Crippen LogP contribution < -0.4 is 10.0 Å². The van der Waals surface area contributed by atoms with E-state index in [-0.39, 0.29) is 34.7 Å². The van der Waals surface area contributed by atoms with Crippen LogP contribution in [-0.2, 0) is 10.2 Å². The maximum Gasteiger partial charge on any atom is 0.287 e. The maximum absolute atomic E-state index is 15.2. The van der Waals surface area contributed by atoms with E-state index in [1.54, 1.807) is 26.0 Å². The second kappa shape index (κ2) is 6.51. The van der Waals surface area contributed by atoms with Crippen molar-refractivity contribution in [2.24, 2.45) is 0 Å². The Kier molecular flexibility index (Phi) is 4.80. The molecule has 8 heteroatoms. The fourth-order valence-electron chi connectivity index (χ4n) is 3.28. The zero-order valence-electron chi connectivity index (χ0n) is 14.4. The molecule has 0 radical (unpaired) electrons. The molecule has 0 unspecified atom stereocenters. The van der Waals surface area contributed by atoms with Gasteiger partial charge in [0.25, 0.3) is 11.7 Å². The molecule has 1 atom stereocenters. The number of fused-ring (bicyclic) bond motifs is 2. The van der Waals surface area contributed by atoms with Gasteiger partial charge in [0.15, 0.2) is 0 Å². The summed E-state index contributed by atoms with van der Waals surface area (Å²) in [4.78, 5) is 0. The van der Waals surface area contributed by atoms with Crippen molar-refractivity contribution in [1.29, 1.82) is 0 Å². The van der Waals surface area contributed by atoms with Gasteiger partial charge in [-0.3, -0.25) is 0 Å². The number of pyridine rings is 1. The van der Waals surface area contributed by atoms with Gasteiger partial charge in [-0.05, 0) is 38.1 Å². The van der Waals surface area contributed by atoms with Gasteiger partial charge in [0, 0.05) is 17.5 Å². The summed E-state index contributed by atoms with van der Waals surface area (Å²) in [5.74, 6) is -3.27. The SMILES string of the molecule is CC(C)OC[C@@]1(C(C)(F)F)c2cc(Cl)ccc2Nc2c1cc(Cl)c[n+]2[O-]. The molecule has 0 fully saturated rings. The Morgan fingerprint density at radius 1 is 1.23 bits per heavy atom. The van der Waals surface area contributed by atoms with Gasteiger partial charge in [0.1, 0.15) is 17.3 Å². The van der Waals surface area contributed by atoms with Crippen LogP contribution >= 0.6 is 23.2 Å². The van der Waals surface area contributed by atoms with Crippen molar-refractivity contribution >= 4 is 34.7 Å².